The highest BCUT2D eigenvalue weighted by molar-refractivity contribution is 6.02. The van der Waals surface area contributed by atoms with E-state index in [4.69, 9.17) is 9.97 Å². The molecule has 0 atom stereocenters. The van der Waals surface area contributed by atoms with Gasteiger partial charge in [0, 0.05) is 28.3 Å². The van der Waals surface area contributed by atoms with Crippen LogP contribution in [0.15, 0.2) is 133 Å². The summed E-state index contributed by atoms with van der Waals surface area (Å²) in [7, 11) is 0. The maximum atomic E-state index is 13.7. The van der Waals surface area contributed by atoms with Gasteiger partial charge in [0.15, 0.2) is 5.78 Å². The Bertz CT molecular complexity index is 1870. The molecule has 2 heterocycles. The Kier molecular flexibility index (Phi) is 6.39. The molecule has 4 heteroatoms. The van der Waals surface area contributed by atoms with E-state index in [9.17, 15) is 9.90 Å². The lowest BCUT2D eigenvalue weighted by atomic mass is 9.64. The Hall–Kier alpha value is -5.09. The Morgan fingerprint density at radius 1 is 0.667 bits per heavy atom. The first kappa shape index (κ1) is 25.8. The van der Waals surface area contributed by atoms with Crippen LogP contribution in [0.4, 0.5) is 0 Å². The number of Topliss-reactive ketones (excluding diaryl/α,β-unsaturated/α-hetero) is 1. The van der Waals surface area contributed by atoms with E-state index in [2.05, 4.69) is 60.7 Å². The SMILES string of the molecule is CC(=O)C1=C(O)CCCC1(c1nc(-c2ccccc2)cc2ccccc12)c1nc(-c2ccccc2)cc2ccccc12. The lowest BCUT2D eigenvalue weighted by Crippen LogP contribution is -2.39. The summed E-state index contributed by atoms with van der Waals surface area (Å²) in [5, 5.41) is 15.5. The van der Waals surface area contributed by atoms with Crippen LogP contribution in [0.2, 0.25) is 0 Å². The van der Waals surface area contributed by atoms with Gasteiger partial charge in [-0.3, -0.25) is 14.8 Å². The summed E-state index contributed by atoms with van der Waals surface area (Å²) in [6, 6.07) is 40.8. The number of hydrogen-bond donors (Lipinski definition) is 1. The van der Waals surface area contributed by atoms with Gasteiger partial charge in [-0.05, 0) is 42.7 Å². The van der Waals surface area contributed by atoms with Crippen LogP contribution in [0.1, 0.15) is 37.6 Å². The van der Waals surface area contributed by atoms with E-state index in [1.54, 1.807) is 6.92 Å². The van der Waals surface area contributed by atoms with Gasteiger partial charge in [0.25, 0.3) is 0 Å². The molecule has 0 spiro atoms. The van der Waals surface area contributed by atoms with Gasteiger partial charge in [0.1, 0.15) is 5.76 Å². The number of rotatable bonds is 5. The van der Waals surface area contributed by atoms with E-state index >= 15 is 0 Å². The number of aliphatic hydroxyl groups excluding tert-OH is 1. The number of carbonyl (C=O) groups excluding carboxylic acids is 1. The number of hydrogen-bond acceptors (Lipinski definition) is 4. The van der Waals surface area contributed by atoms with Gasteiger partial charge in [-0.1, -0.05) is 109 Å². The molecular weight excluding hydrogens is 516 g/mol. The maximum absolute atomic E-state index is 13.7. The van der Waals surface area contributed by atoms with Crippen molar-refractivity contribution >= 4 is 27.3 Å². The van der Waals surface area contributed by atoms with Crippen LogP contribution in [-0.4, -0.2) is 20.9 Å². The third kappa shape index (κ3) is 4.19. The molecule has 0 radical (unpaired) electrons. The second-order valence-corrected chi connectivity index (χ2v) is 11.0. The van der Waals surface area contributed by atoms with Crippen LogP contribution < -0.4 is 0 Å². The summed E-state index contributed by atoms with van der Waals surface area (Å²) in [6.45, 7) is 1.55. The van der Waals surface area contributed by atoms with Crippen molar-refractivity contribution in [2.75, 3.05) is 0 Å². The van der Waals surface area contributed by atoms with Crippen LogP contribution in [0.5, 0.6) is 0 Å². The quantitative estimate of drug-likeness (QED) is 0.234. The molecule has 204 valence electrons. The molecule has 1 aliphatic rings. The molecule has 42 heavy (non-hydrogen) atoms. The number of aliphatic hydroxyl groups is 1. The van der Waals surface area contributed by atoms with Crippen LogP contribution in [0.3, 0.4) is 0 Å². The maximum Gasteiger partial charge on any atom is 0.160 e. The zero-order chi connectivity index (χ0) is 28.7. The summed E-state index contributed by atoms with van der Waals surface area (Å²) in [5.74, 6) is -0.0417. The van der Waals surface area contributed by atoms with Crippen molar-refractivity contribution in [3.05, 3.63) is 144 Å². The van der Waals surface area contributed by atoms with Crippen molar-refractivity contribution < 1.29 is 9.90 Å². The highest BCUT2D eigenvalue weighted by Gasteiger charge is 2.48. The molecule has 0 saturated carbocycles. The standard InChI is InChI=1S/C38H30N2O2/c1-25(41)35-34(42)21-12-22-38(35,36-30-19-10-8-17-28(30)23-32(39-36)26-13-4-2-5-14-26)37-31-20-11-9-18-29(31)24-33(40-37)27-15-6-3-7-16-27/h2-11,13-20,23-24,42H,12,21-22H2,1H3. The van der Waals surface area contributed by atoms with Gasteiger partial charge in [-0.15, -0.1) is 0 Å². The number of aromatic nitrogens is 2. The summed E-state index contributed by atoms with van der Waals surface area (Å²) >= 11 is 0. The van der Waals surface area contributed by atoms with E-state index in [0.717, 1.165) is 55.4 Å². The molecule has 0 amide bonds. The van der Waals surface area contributed by atoms with Crippen LogP contribution >= 0.6 is 0 Å². The fourth-order valence-electron chi connectivity index (χ4n) is 6.67. The van der Waals surface area contributed by atoms with Gasteiger partial charge in [0.05, 0.1) is 33.8 Å². The van der Waals surface area contributed by atoms with Crippen molar-refractivity contribution in [1.29, 1.82) is 0 Å². The molecule has 6 aromatic rings. The number of allylic oxidation sites excluding steroid dienone is 2. The summed E-state index contributed by atoms with van der Waals surface area (Å²) in [4.78, 5) is 24.4. The van der Waals surface area contributed by atoms with Gasteiger partial charge in [-0.25, -0.2) is 0 Å². The lowest BCUT2D eigenvalue weighted by molar-refractivity contribution is -0.114. The van der Waals surface area contributed by atoms with E-state index < -0.39 is 5.41 Å². The second-order valence-electron chi connectivity index (χ2n) is 11.0. The first-order valence-electron chi connectivity index (χ1n) is 14.4. The highest BCUT2D eigenvalue weighted by atomic mass is 16.3. The molecule has 0 fully saturated rings. The van der Waals surface area contributed by atoms with E-state index in [1.165, 1.54) is 0 Å². The number of fused-ring (bicyclic) bond motifs is 2. The molecule has 1 aliphatic carbocycles. The van der Waals surface area contributed by atoms with Crippen molar-refractivity contribution in [1.82, 2.24) is 9.97 Å². The highest BCUT2D eigenvalue weighted by Crippen LogP contribution is 2.51. The minimum Gasteiger partial charge on any atom is -0.512 e. The fourth-order valence-corrected chi connectivity index (χ4v) is 6.67. The van der Waals surface area contributed by atoms with Crippen molar-refractivity contribution in [2.45, 2.75) is 31.6 Å². The normalized spacial score (nSPS) is 14.8. The predicted octanol–water partition coefficient (Wildman–Crippen LogP) is 8.99. The molecule has 0 unspecified atom stereocenters. The number of carbonyl (C=O) groups is 1. The van der Waals surface area contributed by atoms with E-state index in [1.807, 2.05) is 60.7 Å². The number of pyridine rings is 2. The average Bonchev–Trinajstić information content (AvgIpc) is 3.04. The van der Waals surface area contributed by atoms with Crippen molar-refractivity contribution in [2.24, 2.45) is 0 Å². The van der Waals surface area contributed by atoms with Crippen molar-refractivity contribution in [3.63, 3.8) is 0 Å². The lowest BCUT2D eigenvalue weighted by Gasteiger charge is -2.39. The smallest absolute Gasteiger partial charge is 0.160 e. The third-order valence-corrected chi connectivity index (χ3v) is 8.46. The first-order chi connectivity index (χ1) is 20.6. The van der Waals surface area contributed by atoms with Crippen molar-refractivity contribution in [3.8, 4) is 22.5 Å². The average molecular weight is 547 g/mol. The Morgan fingerprint density at radius 2 is 1.12 bits per heavy atom. The molecule has 0 bridgehead atoms. The van der Waals surface area contributed by atoms with E-state index in [-0.39, 0.29) is 11.5 Å². The van der Waals surface area contributed by atoms with E-state index in [0.29, 0.717) is 24.8 Å². The topological polar surface area (TPSA) is 63.1 Å². The van der Waals surface area contributed by atoms with Gasteiger partial charge < -0.3 is 5.11 Å². The first-order valence-corrected chi connectivity index (χ1v) is 14.4. The minimum absolute atomic E-state index is 0.126. The van der Waals surface area contributed by atoms with Crippen LogP contribution in [0.25, 0.3) is 44.1 Å². The molecule has 7 rings (SSSR count). The monoisotopic (exact) mass is 546 g/mol. The van der Waals surface area contributed by atoms with Gasteiger partial charge in [0.2, 0.25) is 0 Å². The third-order valence-electron chi connectivity index (χ3n) is 8.46. The molecule has 1 N–H and O–H groups in total. The number of benzene rings is 4. The minimum atomic E-state index is -1.07. The number of ketones is 1. The second kappa shape index (κ2) is 10.4. The zero-order valence-corrected chi connectivity index (χ0v) is 23.4. The van der Waals surface area contributed by atoms with Crippen LogP contribution in [-0.2, 0) is 10.2 Å². The molecule has 4 aromatic carbocycles. The predicted molar refractivity (Wildman–Crippen MR) is 169 cm³/mol. The summed E-state index contributed by atoms with van der Waals surface area (Å²) in [6.07, 6.45) is 1.74. The Balaban J connectivity index is 1.66. The largest absolute Gasteiger partial charge is 0.512 e. The molecule has 4 nitrogen and oxygen atoms in total. The molecule has 0 saturated heterocycles. The summed E-state index contributed by atoms with van der Waals surface area (Å²) < 4.78 is 0. The fraction of sp³-hybridized carbons (Fsp3) is 0.132. The Morgan fingerprint density at radius 3 is 1.60 bits per heavy atom. The Labute approximate surface area is 245 Å². The molecule has 0 aliphatic heterocycles. The van der Waals surface area contributed by atoms with Crippen LogP contribution in [0, 0.1) is 0 Å². The summed E-state index contributed by atoms with van der Waals surface area (Å²) in [5.41, 5.74) is 4.44. The van der Waals surface area contributed by atoms with Gasteiger partial charge >= 0.3 is 0 Å². The molecule has 2 aromatic heterocycles. The number of nitrogens with zero attached hydrogens (tertiary/aromatic N) is 2. The van der Waals surface area contributed by atoms with Gasteiger partial charge in [-0.2, -0.15) is 0 Å². The molecular formula is C38H30N2O2. The zero-order valence-electron chi connectivity index (χ0n) is 23.4.